The van der Waals surface area contributed by atoms with Gasteiger partial charge in [-0.15, -0.1) is 11.8 Å². The van der Waals surface area contributed by atoms with E-state index >= 15 is 0 Å². The van der Waals surface area contributed by atoms with Crippen molar-refractivity contribution in [3.05, 3.63) is 59.7 Å². The van der Waals surface area contributed by atoms with E-state index in [1.807, 2.05) is 20.8 Å². The maximum absolute atomic E-state index is 12.8. The number of ether oxygens (including phenoxy) is 1. The zero-order valence-electron chi connectivity index (χ0n) is 19.8. The molecule has 1 aliphatic carbocycles. The van der Waals surface area contributed by atoms with Gasteiger partial charge >= 0.3 is 5.97 Å². The van der Waals surface area contributed by atoms with Gasteiger partial charge in [0.25, 0.3) is 0 Å². The molecule has 0 saturated heterocycles. The van der Waals surface area contributed by atoms with Crippen molar-refractivity contribution in [1.29, 1.82) is 0 Å². The second kappa shape index (κ2) is 10.9. The molecule has 0 spiro atoms. The molecular weight excluding hydrogens is 452 g/mol. The van der Waals surface area contributed by atoms with Crippen LogP contribution < -0.4 is 10.6 Å². The number of benzene rings is 2. The van der Waals surface area contributed by atoms with Gasteiger partial charge in [0.1, 0.15) is 0 Å². The summed E-state index contributed by atoms with van der Waals surface area (Å²) in [6, 6.07) is 13.6. The molecule has 2 aromatic rings. The number of hydrogen-bond donors (Lipinski definition) is 2. The lowest BCUT2D eigenvalue weighted by atomic mass is 9.95. The van der Waals surface area contributed by atoms with E-state index in [1.54, 1.807) is 48.5 Å². The lowest BCUT2D eigenvalue weighted by Crippen LogP contribution is -2.28. The van der Waals surface area contributed by atoms with Gasteiger partial charge < -0.3 is 15.4 Å². The van der Waals surface area contributed by atoms with Gasteiger partial charge in [0, 0.05) is 27.6 Å². The van der Waals surface area contributed by atoms with Gasteiger partial charge in [-0.25, -0.2) is 4.79 Å². The summed E-state index contributed by atoms with van der Waals surface area (Å²) in [4.78, 5) is 50.3. The van der Waals surface area contributed by atoms with Crippen LogP contribution in [0.4, 0.5) is 5.69 Å². The van der Waals surface area contributed by atoms with E-state index in [0.29, 0.717) is 21.7 Å². The molecule has 1 atom stereocenters. The number of nitrogens with one attached hydrogen (secondary N) is 2. The first-order chi connectivity index (χ1) is 16.0. The summed E-state index contributed by atoms with van der Waals surface area (Å²) in [6.07, 6.45) is 1.03. The third-order valence-corrected chi connectivity index (χ3v) is 6.24. The Hall–Kier alpha value is -3.13. The number of esters is 1. The topological polar surface area (TPSA) is 102 Å². The Balaban J connectivity index is 1.59. The first-order valence-electron chi connectivity index (χ1n) is 11.2. The van der Waals surface area contributed by atoms with Gasteiger partial charge in [0.05, 0.1) is 11.3 Å². The largest absolute Gasteiger partial charge is 0.451 e. The molecule has 1 saturated carbocycles. The maximum atomic E-state index is 12.8. The van der Waals surface area contributed by atoms with Crippen LogP contribution in [-0.4, -0.2) is 41.5 Å². The van der Waals surface area contributed by atoms with Gasteiger partial charge in [-0.2, -0.15) is 0 Å². The first-order valence-corrected chi connectivity index (χ1v) is 12.2. The third-order valence-electron chi connectivity index (χ3n) is 5.17. The molecule has 0 aliphatic heterocycles. The van der Waals surface area contributed by atoms with E-state index < -0.39 is 17.5 Å². The van der Waals surface area contributed by atoms with Crippen molar-refractivity contribution in [2.45, 2.75) is 57.6 Å². The Morgan fingerprint density at radius 2 is 1.68 bits per heavy atom. The number of hydrogen-bond acceptors (Lipinski definition) is 6. The number of ketones is 1. The Bertz CT molecular complexity index is 1070. The zero-order valence-corrected chi connectivity index (χ0v) is 20.7. The van der Waals surface area contributed by atoms with Crippen molar-refractivity contribution in [1.82, 2.24) is 5.32 Å². The molecule has 7 nitrogen and oxygen atoms in total. The first kappa shape index (κ1) is 25.5. The molecule has 1 aliphatic rings. The number of amides is 2. The second-order valence-corrected chi connectivity index (χ2v) is 10.3. The molecule has 2 amide bonds. The fourth-order valence-corrected chi connectivity index (χ4v) is 3.80. The lowest BCUT2D eigenvalue weighted by Gasteiger charge is -2.18. The summed E-state index contributed by atoms with van der Waals surface area (Å²) >= 11 is 1.26. The predicted molar refractivity (Wildman–Crippen MR) is 132 cm³/mol. The van der Waals surface area contributed by atoms with E-state index in [-0.39, 0.29) is 29.4 Å². The smallest absolute Gasteiger partial charge is 0.339 e. The molecule has 2 aromatic carbocycles. The number of anilines is 1. The van der Waals surface area contributed by atoms with Crippen LogP contribution in [0, 0.1) is 5.41 Å². The molecule has 180 valence electrons. The summed E-state index contributed by atoms with van der Waals surface area (Å²) in [5.74, 6) is -0.971. The normalized spacial score (nSPS) is 14.1. The fourth-order valence-electron chi connectivity index (χ4n) is 2.95. The lowest BCUT2D eigenvalue weighted by molar-refractivity contribution is -0.123. The molecule has 0 radical (unpaired) electrons. The van der Waals surface area contributed by atoms with Crippen LogP contribution >= 0.6 is 11.8 Å². The number of rotatable bonds is 9. The van der Waals surface area contributed by atoms with E-state index in [4.69, 9.17) is 4.74 Å². The molecule has 0 bridgehead atoms. The Kier molecular flexibility index (Phi) is 8.15. The molecule has 2 N–H and O–H groups in total. The molecular formula is C26H30N2O5S. The number of carbonyl (C=O) groups is 4. The van der Waals surface area contributed by atoms with Gasteiger partial charge in [-0.05, 0) is 56.2 Å². The quantitative estimate of drug-likeness (QED) is 0.311. The molecule has 34 heavy (non-hydrogen) atoms. The molecule has 0 aromatic heterocycles. The van der Waals surface area contributed by atoms with Crippen molar-refractivity contribution in [2.24, 2.45) is 5.41 Å². The standard InChI is InChI=1S/C26H30N2O5S/c1-16(23(30)17-9-11-19(12-10-17)28-25(32)26(2,3)4)33-24(31)20-7-5-6-8-21(20)34-15-22(29)27-18-13-14-18/h5-12,16,18H,13-15H2,1-4H3,(H,27,29)(H,28,32). The summed E-state index contributed by atoms with van der Waals surface area (Å²) in [5, 5.41) is 5.72. The Morgan fingerprint density at radius 1 is 1.03 bits per heavy atom. The van der Waals surface area contributed by atoms with Crippen LogP contribution in [0.1, 0.15) is 61.3 Å². The summed E-state index contributed by atoms with van der Waals surface area (Å²) in [5.41, 5.74) is 0.727. The van der Waals surface area contributed by atoms with Gasteiger partial charge in [-0.3, -0.25) is 14.4 Å². The minimum absolute atomic E-state index is 0.0682. The van der Waals surface area contributed by atoms with E-state index in [2.05, 4.69) is 10.6 Å². The van der Waals surface area contributed by atoms with Crippen molar-refractivity contribution in [3.63, 3.8) is 0 Å². The van der Waals surface area contributed by atoms with Gasteiger partial charge in [0.2, 0.25) is 17.6 Å². The molecule has 8 heteroatoms. The monoisotopic (exact) mass is 482 g/mol. The number of thioether (sulfide) groups is 1. The molecule has 1 fully saturated rings. The van der Waals surface area contributed by atoms with Crippen LogP contribution in [0.25, 0.3) is 0 Å². The van der Waals surface area contributed by atoms with Crippen molar-refractivity contribution in [3.8, 4) is 0 Å². The van der Waals surface area contributed by atoms with Crippen LogP contribution in [0.3, 0.4) is 0 Å². The van der Waals surface area contributed by atoms with Crippen molar-refractivity contribution in [2.75, 3.05) is 11.1 Å². The van der Waals surface area contributed by atoms with Gasteiger partial charge in [-0.1, -0.05) is 32.9 Å². The maximum Gasteiger partial charge on any atom is 0.339 e. The molecule has 1 unspecified atom stereocenters. The van der Waals surface area contributed by atoms with Crippen molar-refractivity contribution < 1.29 is 23.9 Å². The van der Waals surface area contributed by atoms with Gasteiger partial charge in [0.15, 0.2) is 6.10 Å². The average molecular weight is 483 g/mol. The SMILES string of the molecule is CC(OC(=O)c1ccccc1SCC(=O)NC1CC1)C(=O)c1ccc(NC(=O)C(C)(C)C)cc1. The van der Waals surface area contributed by atoms with Crippen LogP contribution in [0.5, 0.6) is 0 Å². The van der Waals surface area contributed by atoms with E-state index in [1.165, 1.54) is 18.7 Å². The summed E-state index contributed by atoms with van der Waals surface area (Å²) < 4.78 is 5.44. The minimum atomic E-state index is -1.00. The summed E-state index contributed by atoms with van der Waals surface area (Å²) in [7, 11) is 0. The Labute approximate surface area is 204 Å². The highest BCUT2D eigenvalue weighted by atomic mass is 32.2. The Morgan fingerprint density at radius 3 is 2.29 bits per heavy atom. The highest BCUT2D eigenvalue weighted by molar-refractivity contribution is 8.00. The zero-order chi connectivity index (χ0) is 24.9. The molecule has 0 heterocycles. The van der Waals surface area contributed by atoms with Crippen LogP contribution in [0.15, 0.2) is 53.4 Å². The molecule has 3 rings (SSSR count). The number of carbonyl (C=O) groups excluding carboxylic acids is 4. The third kappa shape index (κ3) is 7.18. The fraction of sp³-hybridized carbons (Fsp3) is 0.385. The van der Waals surface area contributed by atoms with E-state index in [9.17, 15) is 19.2 Å². The highest BCUT2D eigenvalue weighted by Gasteiger charge is 2.25. The second-order valence-electron chi connectivity index (χ2n) is 9.32. The van der Waals surface area contributed by atoms with E-state index in [0.717, 1.165) is 12.8 Å². The predicted octanol–water partition coefficient (Wildman–Crippen LogP) is 4.47. The summed E-state index contributed by atoms with van der Waals surface area (Å²) in [6.45, 7) is 6.97. The van der Waals surface area contributed by atoms with Crippen LogP contribution in [0.2, 0.25) is 0 Å². The number of Topliss-reactive ketones (excluding diaryl/α,β-unsaturated/α-hetero) is 1. The van der Waals surface area contributed by atoms with Crippen LogP contribution in [-0.2, 0) is 14.3 Å². The van der Waals surface area contributed by atoms with Crippen molar-refractivity contribution >= 4 is 41.0 Å². The highest BCUT2D eigenvalue weighted by Crippen LogP contribution is 2.25. The minimum Gasteiger partial charge on any atom is -0.451 e. The average Bonchev–Trinajstić information content (AvgIpc) is 3.61.